The number of hydrogen-bond acceptors (Lipinski definition) is 3. The van der Waals surface area contributed by atoms with Crippen molar-refractivity contribution < 1.29 is 9.53 Å². The molecule has 1 unspecified atom stereocenters. The molecule has 5 heteroatoms. The number of rotatable bonds is 9. The predicted octanol–water partition coefficient (Wildman–Crippen LogP) is 5.12. The molecule has 0 fully saturated rings. The topological polar surface area (TPSA) is 56.2 Å². The first-order valence-electron chi connectivity index (χ1n) is 10.0. The number of ether oxygens (including phenoxy) is 1. The van der Waals surface area contributed by atoms with Crippen LogP contribution in [0.2, 0.25) is 0 Å². The van der Waals surface area contributed by atoms with Gasteiger partial charge in [0.05, 0.1) is 24.2 Å². The van der Waals surface area contributed by atoms with Gasteiger partial charge in [-0.05, 0) is 49.7 Å². The Morgan fingerprint density at radius 1 is 1.11 bits per heavy atom. The number of para-hydroxylation sites is 2. The average Bonchev–Trinajstić information content (AvgIpc) is 3.10. The van der Waals surface area contributed by atoms with Crippen LogP contribution < -0.4 is 10.1 Å². The normalized spacial score (nSPS) is 12.1. The van der Waals surface area contributed by atoms with E-state index in [-0.39, 0.29) is 11.9 Å². The lowest BCUT2D eigenvalue weighted by molar-refractivity contribution is 0.0937. The minimum atomic E-state index is -0.187. The number of methoxy groups -OCH3 is 1. The first-order valence-corrected chi connectivity index (χ1v) is 10.0. The summed E-state index contributed by atoms with van der Waals surface area (Å²) in [6.45, 7) is 5.12. The molecule has 0 saturated carbocycles. The molecule has 0 aliphatic carbocycles. The van der Waals surface area contributed by atoms with Crippen molar-refractivity contribution in [3.8, 4) is 5.75 Å². The number of fused-ring (bicyclic) bond motifs is 1. The Morgan fingerprint density at radius 2 is 1.86 bits per heavy atom. The van der Waals surface area contributed by atoms with Crippen molar-refractivity contribution in [2.24, 2.45) is 0 Å². The third kappa shape index (κ3) is 4.53. The van der Waals surface area contributed by atoms with E-state index in [1.165, 1.54) is 19.3 Å². The summed E-state index contributed by atoms with van der Waals surface area (Å²) in [4.78, 5) is 17.5. The number of carbonyl (C=O) groups excluding carboxylic acids is 1. The molecule has 1 heterocycles. The molecule has 0 radical (unpaired) electrons. The van der Waals surface area contributed by atoms with Crippen molar-refractivity contribution in [3.05, 3.63) is 59.9 Å². The number of aryl methyl sites for hydroxylation is 1. The zero-order valence-electron chi connectivity index (χ0n) is 16.9. The second-order valence-electron chi connectivity index (χ2n) is 7.09. The number of carbonyl (C=O) groups is 1. The third-order valence-electron chi connectivity index (χ3n) is 5.01. The highest BCUT2D eigenvalue weighted by Crippen LogP contribution is 2.22. The number of hydrogen-bond donors (Lipinski definition) is 1. The van der Waals surface area contributed by atoms with Gasteiger partial charge in [-0.3, -0.25) is 4.79 Å². The van der Waals surface area contributed by atoms with Crippen LogP contribution in [0.1, 0.15) is 61.8 Å². The number of amides is 1. The van der Waals surface area contributed by atoms with Crippen LogP contribution in [0.4, 0.5) is 0 Å². The molecule has 1 aromatic heterocycles. The van der Waals surface area contributed by atoms with Gasteiger partial charge in [0.25, 0.3) is 5.91 Å². The quantitative estimate of drug-likeness (QED) is 0.525. The molecular weight excluding hydrogens is 350 g/mol. The molecule has 1 amide bonds. The van der Waals surface area contributed by atoms with Crippen molar-refractivity contribution in [2.45, 2.75) is 52.1 Å². The van der Waals surface area contributed by atoms with E-state index in [0.717, 1.165) is 35.6 Å². The van der Waals surface area contributed by atoms with E-state index in [1.807, 2.05) is 25.1 Å². The maximum atomic E-state index is 12.7. The van der Waals surface area contributed by atoms with Gasteiger partial charge in [0.15, 0.2) is 0 Å². The average molecular weight is 380 g/mol. The number of nitrogens with one attached hydrogen (secondary N) is 1. The summed E-state index contributed by atoms with van der Waals surface area (Å²) in [7, 11) is 1.61. The summed E-state index contributed by atoms with van der Waals surface area (Å²) < 4.78 is 7.41. The fourth-order valence-corrected chi connectivity index (χ4v) is 3.44. The van der Waals surface area contributed by atoms with Gasteiger partial charge in [0.2, 0.25) is 0 Å². The molecule has 28 heavy (non-hydrogen) atoms. The fraction of sp³-hybridized carbons (Fsp3) is 0.391. The van der Waals surface area contributed by atoms with Gasteiger partial charge in [-0.1, -0.05) is 38.3 Å². The Labute approximate surface area is 166 Å². The van der Waals surface area contributed by atoms with Crippen LogP contribution in [0.15, 0.2) is 48.5 Å². The minimum absolute atomic E-state index is 0.111. The van der Waals surface area contributed by atoms with Crippen molar-refractivity contribution in [3.63, 3.8) is 0 Å². The molecule has 0 saturated heterocycles. The van der Waals surface area contributed by atoms with Gasteiger partial charge in [-0.25, -0.2) is 4.98 Å². The highest BCUT2D eigenvalue weighted by molar-refractivity contribution is 5.94. The highest BCUT2D eigenvalue weighted by Gasteiger charge is 2.19. The Morgan fingerprint density at radius 3 is 2.57 bits per heavy atom. The summed E-state index contributed by atoms with van der Waals surface area (Å²) in [5.74, 6) is 1.53. The minimum Gasteiger partial charge on any atom is -0.497 e. The molecule has 3 rings (SSSR count). The summed E-state index contributed by atoms with van der Waals surface area (Å²) in [5, 5.41) is 3.09. The van der Waals surface area contributed by atoms with Gasteiger partial charge < -0.3 is 14.6 Å². The van der Waals surface area contributed by atoms with Crippen molar-refractivity contribution >= 4 is 16.9 Å². The monoisotopic (exact) mass is 379 g/mol. The van der Waals surface area contributed by atoms with E-state index in [4.69, 9.17) is 9.72 Å². The Kier molecular flexibility index (Phi) is 6.69. The molecule has 1 N–H and O–H groups in total. The molecule has 0 aliphatic heterocycles. The molecule has 0 aliphatic rings. The van der Waals surface area contributed by atoms with E-state index in [9.17, 15) is 4.79 Å². The molecule has 3 aromatic rings. The van der Waals surface area contributed by atoms with Crippen LogP contribution in [0.5, 0.6) is 5.75 Å². The summed E-state index contributed by atoms with van der Waals surface area (Å²) in [6.07, 6.45) is 4.77. The maximum absolute atomic E-state index is 12.7. The van der Waals surface area contributed by atoms with E-state index in [1.54, 1.807) is 31.4 Å². The number of benzene rings is 2. The Balaban J connectivity index is 1.79. The van der Waals surface area contributed by atoms with Crippen LogP contribution >= 0.6 is 0 Å². The molecular formula is C23H29N3O2. The lowest BCUT2D eigenvalue weighted by atomic mass is 10.2. The van der Waals surface area contributed by atoms with E-state index in [2.05, 4.69) is 22.9 Å². The van der Waals surface area contributed by atoms with Crippen molar-refractivity contribution in [1.29, 1.82) is 0 Å². The summed E-state index contributed by atoms with van der Waals surface area (Å²) in [5.41, 5.74) is 2.70. The van der Waals surface area contributed by atoms with Crippen molar-refractivity contribution in [2.75, 3.05) is 7.11 Å². The van der Waals surface area contributed by atoms with E-state index in [0.29, 0.717) is 5.56 Å². The molecule has 5 nitrogen and oxygen atoms in total. The van der Waals surface area contributed by atoms with Gasteiger partial charge in [-0.2, -0.15) is 0 Å². The maximum Gasteiger partial charge on any atom is 0.251 e. The number of unbranched alkanes of at least 4 members (excludes halogenated alkanes) is 3. The predicted molar refractivity (Wildman–Crippen MR) is 113 cm³/mol. The van der Waals surface area contributed by atoms with Crippen LogP contribution in [0.25, 0.3) is 11.0 Å². The lowest BCUT2D eigenvalue weighted by Gasteiger charge is -2.16. The lowest BCUT2D eigenvalue weighted by Crippen LogP contribution is -2.28. The summed E-state index contributed by atoms with van der Waals surface area (Å²) in [6, 6.07) is 15.1. The van der Waals surface area contributed by atoms with Gasteiger partial charge >= 0.3 is 0 Å². The molecule has 0 spiro atoms. The molecule has 148 valence electrons. The Bertz CT molecular complexity index is 915. The molecule has 1 atom stereocenters. The van der Waals surface area contributed by atoms with E-state index >= 15 is 0 Å². The van der Waals surface area contributed by atoms with Crippen LogP contribution in [-0.4, -0.2) is 22.6 Å². The second-order valence-corrected chi connectivity index (χ2v) is 7.09. The smallest absolute Gasteiger partial charge is 0.251 e. The van der Waals surface area contributed by atoms with Gasteiger partial charge in [0.1, 0.15) is 11.6 Å². The first-order chi connectivity index (χ1) is 13.6. The Hall–Kier alpha value is -2.82. The number of aromatic nitrogens is 2. The second kappa shape index (κ2) is 9.40. The fourth-order valence-electron chi connectivity index (χ4n) is 3.44. The molecule has 2 aromatic carbocycles. The van der Waals surface area contributed by atoms with Gasteiger partial charge in [0, 0.05) is 12.1 Å². The van der Waals surface area contributed by atoms with Crippen molar-refractivity contribution in [1.82, 2.24) is 14.9 Å². The van der Waals surface area contributed by atoms with E-state index < -0.39 is 0 Å². The highest BCUT2D eigenvalue weighted by atomic mass is 16.5. The van der Waals surface area contributed by atoms with Crippen LogP contribution in [0, 0.1) is 0 Å². The zero-order chi connectivity index (χ0) is 19.9. The van der Waals surface area contributed by atoms with Crippen LogP contribution in [0.3, 0.4) is 0 Å². The molecule has 0 bridgehead atoms. The van der Waals surface area contributed by atoms with Crippen LogP contribution in [-0.2, 0) is 6.54 Å². The zero-order valence-corrected chi connectivity index (χ0v) is 16.9. The summed E-state index contributed by atoms with van der Waals surface area (Å²) >= 11 is 0. The van der Waals surface area contributed by atoms with Gasteiger partial charge in [-0.15, -0.1) is 0 Å². The number of nitrogens with zero attached hydrogens (tertiary/aromatic N) is 2. The first kappa shape index (κ1) is 19.9. The SMILES string of the molecule is CCCCCCn1c(C(C)NC(=O)c2ccc(OC)cc2)nc2ccccc21. The largest absolute Gasteiger partial charge is 0.497 e. The number of imidazole rings is 1. The standard InChI is InChI=1S/C23H29N3O2/c1-4-5-6-9-16-26-21-11-8-7-10-20(21)25-22(26)17(2)24-23(27)18-12-14-19(28-3)15-13-18/h7-8,10-15,17H,4-6,9,16H2,1-3H3,(H,24,27). The third-order valence-corrected chi connectivity index (χ3v) is 5.01.